The molecule has 0 saturated heterocycles. The van der Waals surface area contributed by atoms with E-state index in [2.05, 4.69) is 177 Å². The number of hydrogen-bond acceptors (Lipinski definition) is 1. The Kier molecular flexibility index (Phi) is 9.62. The van der Waals surface area contributed by atoms with E-state index in [9.17, 15) is 0 Å². The molecule has 0 spiro atoms. The summed E-state index contributed by atoms with van der Waals surface area (Å²) in [5, 5.41) is 2.28. The topological polar surface area (TPSA) is 21.3 Å². The minimum Gasteiger partial charge on any atom is -0.509 e. The predicted molar refractivity (Wildman–Crippen MR) is 241 cm³/mol. The van der Waals surface area contributed by atoms with Crippen molar-refractivity contribution in [1.29, 1.82) is 0 Å². The van der Waals surface area contributed by atoms with Crippen molar-refractivity contribution in [2.24, 2.45) is 0 Å². The van der Waals surface area contributed by atoms with Gasteiger partial charge in [0.15, 0.2) is 0 Å². The first-order valence-corrected chi connectivity index (χ1v) is 19.6. The zero-order valence-electron chi connectivity index (χ0n) is 32.1. The average molecular weight is 950 g/mol. The third-order valence-corrected chi connectivity index (χ3v) is 10.8. The fourth-order valence-corrected chi connectivity index (χ4v) is 8.07. The van der Waals surface area contributed by atoms with Gasteiger partial charge in [0.1, 0.15) is 11.4 Å². The largest absolute Gasteiger partial charge is 2.00 e. The minimum atomic E-state index is 0. The molecule has 282 valence electrons. The fraction of sp³-hybridized carbons (Fsp3) is 0. The van der Waals surface area contributed by atoms with Crippen molar-refractivity contribution in [3.05, 3.63) is 218 Å². The molecule has 0 fully saturated rings. The molecule has 11 rings (SSSR count). The Labute approximate surface area is 362 Å². The smallest absolute Gasteiger partial charge is 0.509 e. The molecular formula is C54H34N4OPt+4. The standard InChI is InChI=1S/C54H34N4O.Pt/c1-4-17-39(18-5-1)47-29-16-30-48(40-19-6-2-7-20-40)53(47)58-38-57(52-34-33-41-21-10-11-28-49(41)54(52)58)44-25-15-27-46(36-44)59-45-26-14-24-43(35-45)56-37-55(42-22-8-3-9-23-42)50-31-12-13-32-51(50)56;/h1-34H;/q2*+2. The maximum absolute atomic E-state index is 6.55. The van der Waals surface area contributed by atoms with Crippen LogP contribution in [-0.2, 0) is 21.1 Å². The van der Waals surface area contributed by atoms with Gasteiger partial charge in [-0.2, -0.15) is 12.1 Å². The predicted octanol–water partition coefficient (Wildman–Crippen LogP) is 13.3. The Hall–Kier alpha value is -7.51. The molecule has 0 aromatic heterocycles. The van der Waals surface area contributed by atoms with E-state index in [1.165, 1.54) is 0 Å². The summed E-state index contributed by atoms with van der Waals surface area (Å²) in [6.07, 6.45) is 0. The number of fused-ring (bicyclic) bond motifs is 4. The monoisotopic (exact) mass is 949 g/mol. The van der Waals surface area contributed by atoms with Crippen LogP contribution in [-0.4, -0.2) is 12.0 Å². The van der Waals surface area contributed by atoms with Crippen molar-refractivity contribution in [3.8, 4) is 33.8 Å². The van der Waals surface area contributed by atoms with E-state index in [4.69, 9.17) is 4.74 Å². The van der Waals surface area contributed by atoms with Crippen LogP contribution in [0.4, 0.5) is 45.5 Å². The summed E-state index contributed by atoms with van der Waals surface area (Å²) >= 11 is 0. The van der Waals surface area contributed by atoms with Crippen LogP contribution in [0.3, 0.4) is 0 Å². The van der Waals surface area contributed by atoms with Gasteiger partial charge in [0, 0.05) is 41.8 Å². The molecule has 60 heavy (non-hydrogen) atoms. The van der Waals surface area contributed by atoms with E-state index in [0.29, 0.717) is 11.5 Å². The first-order valence-electron chi connectivity index (χ1n) is 19.6. The summed E-state index contributed by atoms with van der Waals surface area (Å²) < 4.78 is 15.0. The Morgan fingerprint density at radius 3 is 1.50 bits per heavy atom. The van der Waals surface area contributed by atoms with Crippen molar-refractivity contribution in [2.45, 2.75) is 0 Å². The Balaban J connectivity index is 0.00000433. The van der Waals surface area contributed by atoms with Crippen LogP contribution in [0.2, 0.25) is 0 Å². The summed E-state index contributed by atoms with van der Waals surface area (Å²) in [5.74, 6) is 1.13. The number of benzene rings is 9. The number of ether oxygens (including phenoxy) is 1. The molecule has 0 atom stereocenters. The van der Waals surface area contributed by atoms with Crippen molar-refractivity contribution in [1.82, 2.24) is 18.3 Å². The summed E-state index contributed by atoms with van der Waals surface area (Å²) in [6.45, 7) is 0. The molecule has 6 heteroatoms. The Bertz CT molecular complexity index is 3200. The zero-order chi connectivity index (χ0) is 39.1. The summed E-state index contributed by atoms with van der Waals surface area (Å²) in [4.78, 5) is 0. The molecule has 5 nitrogen and oxygen atoms in total. The normalized spacial score (nSPS) is 12.4. The van der Waals surface area contributed by atoms with Crippen molar-refractivity contribution < 1.29 is 25.8 Å². The molecule has 2 heterocycles. The molecule has 2 aliphatic rings. The van der Waals surface area contributed by atoms with Crippen LogP contribution in [0.1, 0.15) is 0 Å². The molecule has 9 aromatic rings. The first-order chi connectivity index (χ1) is 29.3. The molecule has 9 aromatic carbocycles. The molecule has 2 aliphatic heterocycles. The maximum atomic E-state index is 6.55. The zero-order valence-corrected chi connectivity index (χ0v) is 34.4. The second-order valence-electron chi connectivity index (χ2n) is 14.4. The van der Waals surface area contributed by atoms with E-state index >= 15 is 0 Å². The maximum Gasteiger partial charge on any atom is 2.00 e. The van der Waals surface area contributed by atoms with Gasteiger partial charge in [-0.05, 0) is 49.9 Å². The summed E-state index contributed by atoms with van der Waals surface area (Å²) in [6, 6.07) is 85.5. The molecule has 0 radical (unpaired) electrons. The van der Waals surface area contributed by atoms with Gasteiger partial charge in [-0.1, -0.05) is 149 Å². The Morgan fingerprint density at radius 1 is 0.367 bits per heavy atom. The molecule has 0 aliphatic carbocycles. The fourth-order valence-electron chi connectivity index (χ4n) is 8.07. The molecule has 0 bridgehead atoms. The number of nitrogens with zero attached hydrogens (tertiary/aromatic N) is 4. The van der Waals surface area contributed by atoms with Crippen LogP contribution in [0.5, 0.6) is 11.5 Å². The van der Waals surface area contributed by atoms with Crippen molar-refractivity contribution >= 4 is 68.3 Å². The summed E-state index contributed by atoms with van der Waals surface area (Å²) in [5.41, 5.74) is 12.3. The van der Waals surface area contributed by atoms with E-state index in [1.54, 1.807) is 0 Å². The van der Waals surface area contributed by atoms with Crippen LogP contribution >= 0.6 is 0 Å². The number of rotatable bonds is 8. The van der Waals surface area contributed by atoms with Gasteiger partial charge in [0.25, 0.3) is 17.1 Å². The quantitative estimate of drug-likeness (QED) is 0.110. The van der Waals surface area contributed by atoms with Crippen LogP contribution in [0, 0.1) is 12.1 Å². The van der Waals surface area contributed by atoms with E-state index in [-0.39, 0.29) is 21.1 Å². The summed E-state index contributed by atoms with van der Waals surface area (Å²) in [7, 11) is 0. The van der Waals surface area contributed by atoms with E-state index in [0.717, 1.165) is 78.5 Å². The second-order valence-corrected chi connectivity index (χ2v) is 14.4. The third kappa shape index (κ3) is 6.54. The SMILES string of the molecule is C1=[N+](c2[c-]c(Oc3[c-]c([N+]4=C=[N+](c5c(-c6ccccc6)cccc5-c5ccccc5)c5c4ccc4ccccc54)ccc3)ccc2)c2ccccc2[N+]=1c1ccccc1.[Pt+2]. The van der Waals surface area contributed by atoms with Crippen LogP contribution in [0.15, 0.2) is 206 Å². The molecular weight excluding hydrogens is 916 g/mol. The van der Waals surface area contributed by atoms with Gasteiger partial charge in [-0.15, -0.1) is 12.1 Å². The average Bonchev–Trinajstić information content (AvgIpc) is 3.90. The minimum absolute atomic E-state index is 0. The van der Waals surface area contributed by atoms with Gasteiger partial charge in [-0.3, -0.25) is 0 Å². The van der Waals surface area contributed by atoms with Gasteiger partial charge in [-0.25, -0.2) is 0 Å². The van der Waals surface area contributed by atoms with Gasteiger partial charge in [0.05, 0.1) is 16.5 Å². The van der Waals surface area contributed by atoms with Crippen LogP contribution < -0.4 is 23.0 Å². The van der Waals surface area contributed by atoms with Gasteiger partial charge >= 0.3 is 38.8 Å². The number of hydrogen-bond donors (Lipinski definition) is 0. The number of para-hydroxylation sites is 4. The van der Waals surface area contributed by atoms with E-state index < -0.39 is 0 Å². The molecule has 0 N–H and O–H groups in total. The molecule has 0 unspecified atom stereocenters. The van der Waals surface area contributed by atoms with Gasteiger partial charge < -0.3 is 4.74 Å². The molecule has 0 amide bonds. The Morgan fingerprint density at radius 2 is 0.867 bits per heavy atom. The van der Waals surface area contributed by atoms with Gasteiger partial charge in [0.2, 0.25) is 11.4 Å². The first kappa shape index (κ1) is 36.8. The third-order valence-electron chi connectivity index (χ3n) is 10.8. The van der Waals surface area contributed by atoms with Crippen LogP contribution in [0.25, 0.3) is 33.0 Å². The second kappa shape index (κ2) is 15.7. The van der Waals surface area contributed by atoms with E-state index in [1.807, 2.05) is 71.3 Å². The van der Waals surface area contributed by atoms with Crippen molar-refractivity contribution in [2.75, 3.05) is 0 Å². The molecule has 0 saturated carbocycles. The van der Waals surface area contributed by atoms with Crippen molar-refractivity contribution in [3.63, 3.8) is 0 Å².